The van der Waals surface area contributed by atoms with Gasteiger partial charge in [0.25, 0.3) is 0 Å². The first-order valence-electron chi connectivity index (χ1n) is 6.39. The van der Waals surface area contributed by atoms with E-state index in [1.165, 1.54) is 13.2 Å². The minimum absolute atomic E-state index is 0.0263. The number of aliphatic hydroxyl groups excluding tert-OH is 1. The van der Waals surface area contributed by atoms with Crippen LogP contribution in [0.2, 0.25) is 5.02 Å². The number of hydrogen-bond acceptors (Lipinski definition) is 3. The van der Waals surface area contributed by atoms with Gasteiger partial charge >= 0.3 is 0 Å². The van der Waals surface area contributed by atoms with E-state index in [0.717, 1.165) is 0 Å². The van der Waals surface area contributed by atoms with Gasteiger partial charge < -0.3 is 14.6 Å². The second-order valence-corrected chi connectivity index (χ2v) is 4.92. The van der Waals surface area contributed by atoms with E-state index in [1.807, 2.05) is 0 Å². The van der Waals surface area contributed by atoms with Crippen LogP contribution in [0.1, 0.15) is 17.2 Å². The lowest BCUT2D eigenvalue weighted by Crippen LogP contribution is -2.05. The number of aliphatic hydroxyl groups is 1. The maximum atomic E-state index is 13.4. The maximum absolute atomic E-state index is 13.4. The molecule has 2 rings (SSSR count). The topological polar surface area (TPSA) is 38.7 Å². The van der Waals surface area contributed by atoms with Gasteiger partial charge in [-0.25, -0.2) is 4.39 Å². The third-order valence-electron chi connectivity index (χ3n) is 3.24. The molecule has 0 saturated heterocycles. The van der Waals surface area contributed by atoms with Crippen LogP contribution in [0.3, 0.4) is 0 Å². The molecule has 3 nitrogen and oxygen atoms in total. The van der Waals surface area contributed by atoms with Gasteiger partial charge in [0.2, 0.25) is 0 Å². The highest BCUT2D eigenvalue weighted by Gasteiger charge is 2.17. The van der Waals surface area contributed by atoms with E-state index in [4.69, 9.17) is 21.1 Å². The van der Waals surface area contributed by atoms with Gasteiger partial charge in [-0.15, -0.1) is 0 Å². The average Bonchev–Trinajstić information content (AvgIpc) is 2.51. The maximum Gasteiger partial charge on any atom is 0.142 e. The molecule has 0 saturated carbocycles. The number of methoxy groups -OCH3 is 2. The standard InChI is InChI=1S/C16H16ClFO3/c1-20-11-6-7-15(21-2)12(9-11)14(19)8-10-4-3-5-13(18)16(10)17/h3-7,9,14,19H,8H2,1-2H3. The molecule has 0 aliphatic carbocycles. The zero-order valence-corrected chi connectivity index (χ0v) is 12.5. The Morgan fingerprint density at radius 3 is 2.62 bits per heavy atom. The third-order valence-corrected chi connectivity index (χ3v) is 3.66. The van der Waals surface area contributed by atoms with Crippen molar-refractivity contribution in [2.45, 2.75) is 12.5 Å². The zero-order valence-electron chi connectivity index (χ0n) is 11.8. The zero-order chi connectivity index (χ0) is 15.4. The fraction of sp³-hybridized carbons (Fsp3) is 0.250. The summed E-state index contributed by atoms with van der Waals surface area (Å²) in [6.45, 7) is 0. The highest BCUT2D eigenvalue weighted by Crippen LogP contribution is 2.32. The lowest BCUT2D eigenvalue weighted by molar-refractivity contribution is 0.173. The smallest absolute Gasteiger partial charge is 0.142 e. The van der Waals surface area contributed by atoms with Gasteiger partial charge in [0, 0.05) is 12.0 Å². The van der Waals surface area contributed by atoms with Gasteiger partial charge in [0.1, 0.15) is 17.3 Å². The molecule has 1 unspecified atom stereocenters. The summed E-state index contributed by atoms with van der Waals surface area (Å²) in [5, 5.41) is 10.4. The second-order valence-electron chi connectivity index (χ2n) is 4.54. The third kappa shape index (κ3) is 3.46. The van der Waals surface area contributed by atoms with Gasteiger partial charge in [-0.3, -0.25) is 0 Å². The molecule has 0 bridgehead atoms. The first-order valence-corrected chi connectivity index (χ1v) is 6.77. The van der Waals surface area contributed by atoms with E-state index in [2.05, 4.69) is 0 Å². The van der Waals surface area contributed by atoms with Crippen LogP contribution in [0.4, 0.5) is 4.39 Å². The second kappa shape index (κ2) is 6.78. The van der Waals surface area contributed by atoms with Crippen molar-refractivity contribution in [3.8, 4) is 11.5 Å². The molecule has 0 heterocycles. The van der Waals surface area contributed by atoms with Crippen molar-refractivity contribution >= 4 is 11.6 Å². The minimum Gasteiger partial charge on any atom is -0.497 e. The largest absolute Gasteiger partial charge is 0.497 e. The molecule has 0 fully saturated rings. The Kier molecular flexibility index (Phi) is 5.04. The minimum atomic E-state index is -0.880. The highest BCUT2D eigenvalue weighted by molar-refractivity contribution is 6.31. The van der Waals surface area contributed by atoms with Crippen molar-refractivity contribution in [2.24, 2.45) is 0 Å². The Morgan fingerprint density at radius 1 is 1.19 bits per heavy atom. The molecular weight excluding hydrogens is 295 g/mol. The van der Waals surface area contributed by atoms with Gasteiger partial charge in [-0.2, -0.15) is 0 Å². The molecule has 2 aromatic carbocycles. The molecule has 0 radical (unpaired) electrons. The Bertz CT molecular complexity index is 631. The predicted octanol–water partition coefficient (Wildman–Crippen LogP) is 3.77. The first-order chi connectivity index (χ1) is 10.1. The molecule has 0 aliphatic rings. The average molecular weight is 311 g/mol. The molecule has 0 amide bonds. The highest BCUT2D eigenvalue weighted by atomic mass is 35.5. The van der Waals surface area contributed by atoms with Crippen LogP contribution in [0.25, 0.3) is 0 Å². The normalized spacial score (nSPS) is 12.0. The van der Waals surface area contributed by atoms with E-state index in [9.17, 15) is 9.50 Å². The Labute approximate surface area is 127 Å². The predicted molar refractivity (Wildman–Crippen MR) is 79.6 cm³/mol. The van der Waals surface area contributed by atoms with Crippen LogP contribution < -0.4 is 9.47 Å². The van der Waals surface area contributed by atoms with Crippen molar-refractivity contribution in [1.29, 1.82) is 0 Å². The SMILES string of the molecule is COc1ccc(OC)c(C(O)Cc2cccc(F)c2Cl)c1. The molecule has 0 aliphatic heterocycles. The fourth-order valence-corrected chi connectivity index (χ4v) is 2.33. The number of rotatable bonds is 5. The molecule has 1 N–H and O–H groups in total. The van der Waals surface area contributed by atoms with Gasteiger partial charge in [-0.1, -0.05) is 23.7 Å². The number of halogens is 2. The van der Waals surface area contributed by atoms with Crippen molar-refractivity contribution in [3.63, 3.8) is 0 Å². The summed E-state index contributed by atoms with van der Waals surface area (Å²) in [6, 6.07) is 9.67. The van der Waals surface area contributed by atoms with Gasteiger partial charge in [0.15, 0.2) is 0 Å². The number of benzene rings is 2. The Balaban J connectivity index is 2.31. The summed E-state index contributed by atoms with van der Waals surface area (Å²) < 4.78 is 23.8. The van der Waals surface area contributed by atoms with E-state index in [1.54, 1.807) is 37.4 Å². The molecule has 0 aromatic heterocycles. The Hall–Kier alpha value is -1.78. The fourth-order valence-electron chi connectivity index (χ4n) is 2.12. The molecule has 112 valence electrons. The lowest BCUT2D eigenvalue weighted by Gasteiger charge is -2.16. The lowest BCUT2D eigenvalue weighted by atomic mass is 10.00. The first kappa shape index (κ1) is 15.6. The quantitative estimate of drug-likeness (QED) is 0.913. The summed E-state index contributed by atoms with van der Waals surface area (Å²) in [4.78, 5) is 0. The van der Waals surface area contributed by atoms with Gasteiger partial charge in [0.05, 0.1) is 25.3 Å². The summed E-state index contributed by atoms with van der Waals surface area (Å²) in [7, 11) is 3.06. The van der Waals surface area contributed by atoms with E-state index in [-0.39, 0.29) is 11.4 Å². The van der Waals surface area contributed by atoms with Crippen molar-refractivity contribution in [1.82, 2.24) is 0 Å². The Morgan fingerprint density at radius 2 is 1.95 bits per heavy atom. The van der Waals surface area contributed by atoms with Crippen LogP contribution in [-0.2, 0) is 6.42 Å². The molecule has 5 heteroatoms. The summed E-state index contributed by atoms with van der Waals surface area (Å²) in [5.74, 6) is 0.644. The summed E-state index contributed by atoms with van der Waals surface area (Å²) in [5.41, 5.74) is 1.10. The molecular formula is C16H16ClFO3. The molecule has 2 aromatic rings. The van der Waals surface area contributed by atoms with Crippen molar-refractivity contribution in [3.05, 3.63) is 58.4 Å². The van der Waals surface area contributed by atoms with E-state index < -0.39 is 11.9 Å². The van der Waals surface area contributed by atoms with E-state index in [0.29, 0.717) is 22.6 Å². The monoisotopic (exact) mass is 310 g/mol. The summed E-state index contributed by atoms with van der Waals surface area (Å²) in [6.07, 6.45) is -0.700. The van der Waals surface area contributed by atoms with Crippen LogP contribution in [0, 0.1) is 5.82 Å². The van der Waals surface area contributed by atoms with Crippen LogP contribution >= 0.6 is 11.6 Å². The van der Waals surface area contributed by atoms with Crippen molar-refractivity contribution in [2.75, 3.05) is 14.2 Å². The van der Waals surface area contributed by atoms with E-state index >= 15 is 0 Å². The van der Waals surface area contributed by atoms with Crippen LogP contribution in [0.15, 0.2) is 36.4 Å². The number of hydrogen-bond donors (Lipinski definition) is 1. The summed E-state index contributed by atoms with van der Waals surface area (Å²) >= 11 is 5.91. The molecule has 1 atom stereocenters. The van der Waals surface area contributed by atoms with Gasteiger partial charge in [-0.05, 0) is 29.8 Å². The van der Waals surface area contributed by atoms with Crippen LogP contribution in [0.5, 0.6) is 11.5 Å². The molecule has 0 spiro atoms. The van der Waals surface area contributed by atoms with Crippen LogP contribution in [-0.4, -0.2) is 19.3 Å². The number of ether oxygens (including phenoxy) is 2. The van der Waals surface area contributed by atoms with Crippen molar-refractivity contribution < 1.29 is 19.0 Å². The molecule has 21 heavy (non-hydrogen) atoms.